The zero-order valence-corrected chi connectivity index (χ0v) is 16.1. The van der Waals surface area contributed by atoms with Gasteiger partial charge in [0.05, 0.1) is 12.5 Å². The Labute approximate surface area is 168 Å². The number of likely N-dealkylation sites (N-methyl/N-ethyl adjacent to an activating group) is 1. The van der Waals surface area contributed by atoms with Crippen LogP contribution in [0.4, 0.5) is 5.95 Å². The fourth-order valence-corrected chi connectivity index (χ4v) is 3.69. The van der Waals surface area contributed by atoms with Crippen molar-refractivity contribution in [3.63, 3.8) is 0 Å². The first-order chi connectivity index (χ1) is 13.9. The van der Waals surface area contributed by atoms with Crippen molar-refractivity contribution in [1.82, 2.24) is 14.9 Å². The summed E-state index contributed by atoms with van der Waals surface area (Å²) in [4.78, 5) is 33.1. The number of rotatable bonds is 4. The number of nitrogens with zero attached hydrogens (tertiary/aromatic N) is 4. The van der Waals surface area contributed by atoms with Crippen LogP contribution in [0, 0.1) is 0 Å². The van der Waals surface area contributed by atoms with Crippen molar-refractivity contribution in [2.45, 2.75) is 31.3 Å². The molecule has 2 N–H and O–H groups in total. The number of aromatic nitrogens is 2. The van der Waals surface area contributed by atoms with Crippen LogP contribution >= 0.6 is 0 Å². The third kappa shape index (κ3) is 5.41. The highest BCUT2D eigenvalue weighted by molar-refractivity contribution is 5.89. The number of carbonyl (C=O) groups is 2. The number of aliphatic carboxylic acids is 2. The molecule has 0 aromatic carbocycles. The van der Waals surface area contributed by atoms with Crippen molar-refractivity contribution >= 4 is 17.9 Å². The maximum Gasteiger partial charge on any atom is 0.328 e. The first kappa shape index (κ1) is 20.5. The normalized spacial score (nSPS) is 21.5. The minimum absolute atomic E-state index is 0.558. The third-order valence-corrected chi connectivity index (χ3v) is 5.23. The monoisotopic (exact) mass is 400 g/mol. The van der Waals surface area contributed by atoms with Gasteiger partial charge in [-0.05, 0) is 26.0 Å². The molecule has 4 rings (SSSR count). The van der Waals surface area contributed by atoms with E-state index in [0.29, 0.717) is 24.2 Å². The van der Waals surface area contributed by atoms with E-state index < -0.39 is 11.9 Å². The van der Waals surface area contributed by atoms with Gasteiger partial charge in [0.1, 0.15) is 0 Å². The molecule has 0 aliphatic carbocycles. The van der Waals surface area contributed by atoms with Crippen LogP contribution < -0.4 is 4.90 Å². The Bertz CT molecular complexity index is 820. The Kier molecular flexibility index (Phi) is 6.61. The summed E-state index contributed by atoms with van der Waals surface area (Å²) >= 11 is 0. The van der Waals surface area contributed by atoms with Crippen molar-refractivity contribution in [3.05, 3.63) is 43.1 Å². The molecule has 2 aromatic rings. The lowest BCUT2D eigenvalue weighted by molar-refractivity contribution is -0.134. The number of carboxylic acid groups (broad SMARTS) is 2. The van der Waals surface area contributed by atoms with Gasteiger partial charge in [0, 0.05) is 60.8 Å². The molecule has 2 saturated heterocycles. The van der Waals surface area contributed by atoms with E-state index in [1.807, 2.05) is 18.5 Å². The molecule has 2 aromatic heterocycles. The number of furan rings is 1. The highest BCUT2D eigenvalue weighted by atomic mass is 16.4. The van der Waals surface area contributed by atoms with Crippen LogP contribution in [-0.2, 0) is 9.59 Å². The van der Waals surface area contributed by atoms with E-state index in [2.05, 4.69) is 26.8 Å². The second-order valence-corrected chi connectivity index (χ2v) is 7.10. The first-order valence-electron chi connectivity index (χ1n) is 9.39. The zero-order chi connectivity index (χ0) is 20.8. The van der Waals surface area contributed by atoms with Gasteiger partial charge in [0.25, 0.3) is 0 Å². The highest BCUT2D eigenvalue weighted by Crippen LogP contribution is 2.29. The number of hydrogen-bond donors (Lipinski definition) is 2. The quantitative estimate of drug-likeness (QED) is 0.744. The second kappa shape index (κ2) is 9.33. The zero-order valence-electron chi connectivity index (χ0n) is 16.1. The van der Waals surface area contributed by atoms with Crippen LogP contribution in [0.1, 0.15) is 19.3 Å². The lowest BCUT2D eigenvalue weighted by atomic mass is 9.92. The molecule has 29 heavy (non-hydrogen) atoms. The third-order valence-electron chi connectivity index (χ3n) is 5.23. The fraction of sp³-hybridized carbons (Fsp3) is 0.400. The summed E-state index contributed by atoms with van der Waals surface area (Å²) in [5, 5.41) is 15.6. The summed E-state index contributed by atoms with van der Waals surface area (Å²) in [6.45, 7) is 2.08. The lowest BCUT2D eigenvalue weighted by Gasteiger charge is -2.48. The lowest BCUT2D eigenvalue weighted by Crippen LogP contribution is -2.59. The molecule has 0 spiro atoms. The topological polar surface area (TPSA) is 120 Å². The van der Waals surface area contributed by atoms with Gasteiger partial charge in [-0.1, -0.05) is 6.42 Å². The molecule has 2 unspecified atom stereocenters. The Morgan fingerprint density at radius 3 is 2.14 bits per heavy atom. The number of piperidine rings is 1. The number of piperazine rings is 1. The summed E-state index contributed by atoms with van der Waals surface area (Å²) in [7, 11) is 2.26. The van der Waals surface area contributed by atoms with Crippen molar-refractivity contribution in [2.24, 2.45) is 0 Å². The maximum atomic E-state index is 9.55. The molecule has 154 valence electrons. The summed E-state index contributed by atoms with van der Waals surface area (Å²) in [5.41, 5.74) is 2.03. The molecular weight excluding hydrogens is 376 g/mol. The van der Waals surface area contributed by atoms with Crippen LogP contribution in [-0.4, -0.2) is 69.2 Å². The molecule has 2 aliphatic heterocycles. The minimum atomic E-state index is -1.26. The van der Waals surface area contributed by atoms with Crippen molar-refractivity contribution < 1.29 is 24.2 Å². The van der Waals surface area contributed by atoms with Crippen LogP contribution in [0.2, 0.25) is 0 Å². The highest BCUT2D eigenvalue weighted by Gasteiger charge is 2.35. The molecule has 2 bridgehead atoms. The molecule has 2 aliphatic rings. The molecule has 0 amide bonds. The largest absolute Gasteiger partial charge is 0.478 e. The number of hydrogen-bond acceptors (Lipinski definition) is 7. The Balaban J connectivity index is 0.000000258. The summed E-state index contributed by atoms with van der Waals surface area (Å²) < 4.78 is 5.11. The number of carboxylic acids is 2. The van der Waals surface area contributed by atoms with Crippen molar-refractivity contribution in [3.8, 4) is 11.1 Å². The van der Waals surface area contributed by atoms with Gasteiger partial charge in [-0.2, -0.15) is 0 Å². The average Bonchev–Trinajstić information content (AvgIpc) is 3.22. The fourth-order valence-electron chi connectivity index (χ4n) is 3.69. The summed E-state index contributed by atoms with van der Waals surface area (Å²) in [6, 6.07) is 3.22. The number of anilines is 1. The van der Waals surface area contributed by atoms with Crippen LogP contribution in [0.15, 0.2) is 47.6 Å². The van der Waals surface area contributed by atoms with Crippen molar-refractivity contribution in [1.29, 1.82) is 0 Å². The molecule has 0 saturated carbocycles. The van der Waals surface area contributed by atoms with Crippen LogP contribution in [0.25, 0.3) is 11.1 Å². The van der Waals surface area contributed by atoms with Gasteiger partial charge in [-0.3, -0.25) is 4.90 Å². The van der Waals surface area contributed by atoms with E-state index >= 15 is 0 Å². The van der Waals surface area contributed by atoms with E-state index in [1.54, 1.807) is 12.5 Å². The van der Waals surface area contributed by atoms with E-state index in [0.717, 1.165) is 30.2 Å². The van der Waals surface area contributed by atoms with Crippen LogP contribution in [0.3, 0.4) is 0 Å². The van der Waals surface area contributed by atoms with Gasteiger partial charge in [-0.15, -0.1) is 0 Å². The summed E-state index contributed by atoms with van der Waals surface area (Å²) in [5.74, 6) is -1.66. The molecule has 2 fully saturated rings. The van der Waals surface area contributed by atoms with Gasteiger partial charge >= 0.3 is 11.9 Å². The van der Waals surface area contributed by atoms with E-state index in [9.17, 15) is 9.59 Å². The molecule has 9 nitrogen and oxygen atoms in total. The van der Waals surface area contributed by atoms with Gasteiger partial charge < -0.3 is 19.5 Å². The van der Waals surface area contributed by atoms with Gasteiger partial charge in [-0.25, -0.2) is 19.6 Å². The maximum absolute atomic E-state index is 9.55. The molecular formula is C20H24N4O5. The van der Waals surface area contributed by atoms with E-state index in [-0.39, 0.29) is 0 Å². The molecule has 9 heteroatoms. The minimum Gasteiger partial charge on any atom is -0.478 e. The Morgan fingerprint density at radius 1 is 1.07 bits per heavy atom. The van der Waals surface area contributed by atoms with E-state index in [4.69, 9.17) is 14.6 Å². The predicted octanol–water partition coefficient (Wildman–Crippen LogP) is 2.12. The van der Waals surface area contributed by atoms with Crippen LogP contribution in [0.5, 0.6) is 0 Å². The van der Waals surface area contributed by atoms with Crippen molar-refractivity contribution in [2.75, 3.05) is 25.0 Å². The predicted molar refractivity (Wildman–Crippen MR) is 106 cm³/mol. The summed E-state index contributed by atoms with van der Waals surface area (Å²) in [6.07, 6.45) is 12.2. The van der Waals surface area contributed by atoms with Gasteiger partial charge in [0.2, 0.25) is 5.95 Å². The average molecular weight is 400 g/mol. The molecule has 4 heterocycles. The van der Waals surface area contributed by atoms with Gasteiger partial charge in [0.15, 0.2) is 0 Å². The first-order valence-corrected chi connectivity index (χ1v) is 9.39. The Hall–Kier alpha value is -3.20. The SMILES string of the molecule is CN1C2CCCC1CN(c1ncc(-c3ccoc3)cn1)C2.O=C(O)/C=C/C(=O)O. The smallest absolute Gasteiger partial charge is 0.328 e. The second-order valence-electron chi connectivity index (χ2n) is 7.10. The van der Waals surface area contributed by atoms with E-state index in [1.165, 1.54) is 19.3 Å². The number of fused-ring (bicyclic) bond motifs is 2. The molecule has 0 radical (unpaired) electrons. The Morgan fingerprint density at radius 2 is 1.66 bits per heavy atom. The molecule has 2 atom stereocenters. The standard InChI is InChI=1S/C16H20N4O.C4H4O4/c1-19-14-3-2-4-15(19)10-20(9-14)16-17-7-13(8-18-16)12-5-6-21-11-12;5-3(6)1-2-4(7)8/h5-8,11,14-15H,2-4,9-10H2,1H3;1-2H,(H,5,6)(H,7,8)/b;2-1+.